The smallest absolute Gasteiger partial charge is 0.169 e. The summed E-state index contributed by atoms with van der Waals surface area (Å²) in [5.41, 5.74) is 5.49. The van der Waals surface area contributed by atoms with Gasteiger partial charge in [0.2, 0.25) is 0 Å². The molecule has 1 aliphatic heterocycles. The van der Waals surface area contributed by atoms with E-state index in [2.05, 4.69) is 39.7 Å². The molecule has 1 fully saturated rings. The Hall–Kier alpha value is -2.37. The fourth-order valence-corrected chi connectivity index (χ4v) is 4.40. The average Bonchev–Trinajstić information content (AvgIpc) is 3.12. The quantitative estimate of drug-likeness (QED) is 0.648. The van der Waals surface area contributed by atoms with Gasteiger partial charge < -0.3 is 14.8 Å². The van der Waals surface area contributed by atoms with Gasteiger partial charge in [-0.25, -0.2) is 0 Å². The first kappa shape index (κ1) is 18.0. The van der Waals surface area contributed by atoms with Crippen molar-refractivity contribution in [1.29, 1.82) is 0 Å². The number of pyridine rings is 1. The summed E-state index contributed by atoms with van der Waals surface area (Å²) in [4.78, 5) is 6.68. The van der Waals surface area contributed by atoms with Gasteiger partial charge in [0.15, 0.2) is 5.11 Å². The lowest BCUT2D eigenvalue weighted by molar-refractivity contribution is 0.367. The highest BCUT2D eigenvalue weighted by Gasteiger charge is 2.39. The Morgan fingerprint density at radius 1 is 1.11 bits per heavy atom. The van der Waals surface area contributed by atoms with Gasteiger partial charge in [0.1, 0.15) is 0 Å². The number of nitrogens with one attached hydrogen (secondary N) is 1. The van der Waals surface area contributed by atoms with E-state index in [1.165, 1.54) is 5.56 Å². The third-order valence-electron chi connectivity index (χ3n) is 5.22. The van der Waals surface area contributed by atoms with Gasteiger partial charge in [-0.15, -0.1) is 0 Å². The number of nitrogens with zero attached hydrogens (tertiary/aromatic N) is 3. The minimum atomic E-state index is 0.00361. The van der Waals surface area contributed by atoms with Crippen molar-refractivity contribution < 1.29 is 0 Å². The zero-order valence-electron chi connectivity index (χ0n) is 15.5. The molecule has 0 radical (unpaired) electrons. The summed E-state index contributed by atoms with van der Waals surface area (Å²) in [6.07, 6.45) is 1.82. The second-order valence-corrected chi connectivity index (χ2v) is 7.64. The molecule has 6 heteroatoms. The summed E-state index contributed by atoms with van der Waals surface area (Å²) in [6, 6.07) is 16.2. The molecule has 0 bridgehead atoms. The number of rotatable bonds is 3. The van der Waals surface area contributed by atoms with Crippen molar-refractivity contribution in [3.63, 3.8) is 0 Å². The van der Waals surface area contributed by atoms with Crippen LogP contribution < -0.4 is 5.32 Å². The van der Waals surface area contributed by atoms with E-state index >= 15 is 0 Å². The molecular weight excluding hydrogens is 376 g/mol. The Bertz CT molecular complexity index is 999. The lowest BCUT2D eigenvalue weighted by atomic mass is 9.97. The summed E-state index contributed by atoms with van der Waals surface area (Å²) in [7, 11) is 2.03. The Morgan fingerprint density at radius 3 is 2.56 bits per heavy atom. The zero-order chi connectivity index (χ0) is 19.1. The molecule has 1 N–H and O–H groups in total. The van der Waals surface area contributed by atoms with E-state index < -0.39 is 0 Å². The van der Waals surface area contributed by atoms with Crippen LogP contribution in [0.25, 0.3) is 5.69 Å². The normalized spacial score (nSPS) is 19.4. The van der Waals surface area contributed by atoms with Gasteiger partial charge in [0.05, 0.1) is 28.5 Å². The second-order valence-electron chi connectivity index (χ2n) is 6.85. The molecule has 0 unspecified atom stereocenters. The first-order valence-electron chi connectivity index (χ1n) is 8.87. The van der Waals surface area contributed by atoms with E-state index in [4.69, 9.17) is 23.8 Å². The van der Waals surface area contributed by atoms with Crippen molar-refractivity contribution >= 4 is 28.9 Å². The molecule has 1 saturated heterocycles. The molecule has 0 saturated carbocycles. The Balaban J connectivity index is 1.84. The fraction of sp³-hybridized carbons (Fsp3) is 0.238. The molecule has 0 amide bonds. The van der Waals surface area contributed by atoms with E-state index in [-0.39, 0.29) is 12.1 Å². The summed E-state index contributed by atoms with van der Waals surface area (Å²) < 4.78 is 2.21. The summed E-state index contributed by atoms with van der Waals surface area (Å²) in [5.74, 6) is 0. The van der Waals surface area contributed by atoms with Crippen molar-refractivity contribution in [1.82, 2.24) is 19.8 Å². The predicted octanol–water partition coefficient (Wildman–Crippen LogP) is 4.74. The molecule has 1 aromatic carbocycles. The molecule has 0 spiro atoms. The number of likely N-dealkylation sites (N-methyl/N-ethyl adjacent to an activating group) is 1. The summed E-state index contributed by atoms with van der Waals surface area (Å²) >= 11 is 12.0. The number of hydrogen-bond donors (Lipinski definition) is 1. The van der Waals surface area contributed by atoms with Crippen LogP contribution in [0.15, 0.2) is 54.7 Å². The Morgan fingerprint density at radius 2 is 1.85 bits per heavy atom. The SMILES string of the molecule is Cc1cc([C@@H]2[C@@H](c3ccccn3)NC(=S)N2C)c(C)n1-c1ccccc1Cl. The van der Waals surface area contributed by atoms with Crippen LogP contribution in [0.4, 0.5) is 0 Å². The molecule has 2 atom stereocenters. The van der Waals surface area contributed by atoms with Crippen molar-refractivity contribution in [3.05, 3.63) is 82.4 Å². The molecule has 3 aromatic rings. The van der Waals surface area contributed by atoms with Crippen LogP contribution >= 0.6 is 23.8 Å². The van der Waals surface area contributed by atoms with Crippen LogP contribution in [0.2, 0.25) is 5.02 Å². The minimum Gasteiger partial charge on any atom is -0.352 e. The molecule has 1 aliphatic rings. The fourth-order valence-electron chi connectivity index (χ4n) is 3.94. The Kier molecular flexibility index (Phi) is 4.66. The van der Waals surface area contributed by atoms with E-state index in [1.54, 1.807) is 0 Å². The molecular formula is C21H21ClN4S. The maximum atomic E-state index is 6.47. The highest BCUT2D eigenvalue weighted by Crippen LogP contribution is 2.40. The van der Waals surface area contributed by atoms with Crippen molar-refractivity contribution in [2.75, 3.05) is 7.05 Å². The van der Waals surface area contributed by atoms with Crippen LogP contribution in [0.1, 0.15) is 34.7 Å². The molecule has 2 aromatic heterocycles. The second kappa shape index (κ2) is 6.98. The van der Waals surface area contributed by atoms with E-state index in [0.717, 1.165) is 32.9 Å². The maximum Gasteiger partial charge on any atom is 0.169 e. The van der Waals surface area contributed by atoms with Crippen molar-refractivity contribution in [2.45, 2.75) is 25.9 Å². The lowest BCUT2D eigenvalue weighted by Crippen LogP contribution is -2.25. The van der Waals surface area contributed by atoms with Gasteiger partial charge in [0.25, 0.3) is 0 Å². The topological polar surface area (TPSA) is 33.1 Å². The largest absolute Gasteiger partial charge is 0.352 e. The molecule has 138 valence electrons. The molecule has 4 rings (SSSR count). The lowest BCUT2D eigenvalue weighted by Gasteiger charge is -2.24. The van der Waals surface area contributed by atoms with Crippen LogP contribution in [0.3, 0.4) is 0 Å². The molecule has 27 heavy (non-hydrogen) atoms. The minimum absolute atomic E-state index is 0.00361. The number of para-hydroxylation sites is 1. The van der Waals surface area contributed by atoms with Crippen molar-refractivity contribution in [3.8, 4) is 5.69 Å². The monoisotopic (exact) mass is 396 g/mol. The highest BCUT2D eigenvalue weighted by atomic mass is 35.5. The summed E-state index contributed by atoms with van der Waals surface area (Å²) in [6.45, 7) is 4.24. The first-order chi connectivity index (χ1) is 13.0. The third kappa shape index (κ3) is 3.01. The number of hydrogen-bond acceptors (Lipinski definition) is 2. The first-order valence-corrected chi connectivity index (χ1v) is 9.65. The third-order valence-corrected chi connectivity index (χ3v) is 5.95. The van der Waals surface area contributed by atoms with Crippen LogP contribution in [-0.2, 0) is 0 Å². The zero-order valence-corrected chi connectivity index (χ0v) is 17.1. The Labute approximate surface area is 169 Å². The standard InChI is InChI=1S/C21H21ClN4S/c1-13-12-15(14(2)26(13)18-10-5-4-8-16(18)22)20-19(24-21(27)25(20)3)17-9-6-7-11-23-17/h4-12,19-20H,1-3H3,(H,24,27)/t19-,20-/m1/s1. The maximum absolute atomic E-state index is 6.47. The van der Waals surface area contributed by atoms with Gasteiger partial charge in [-0.05, 0) is 62.0 Å². The summed E-state index contributed by atoms with van der Waals surface area (Å²) in [5, 5.41) is 4.91. The average molecular weight is 397 g/mol. The number of halogens is 1. The number of benzene rings is 1. The van der Waals surface area contributed by atoms with E-state index in [1.807, 2.05) is 55.7 Å². The predicted molar refractivity (Wildman–Crippen MR) is 113 cm³/mol. The van der Waals surface area contributed by atoms with Gasteiger partial charge in [0, 0.05) is 24.6 Å². The molecule has 0 aliphatic carbocycles. The molecule has 3 heterocycles. The highest BCUT2D eigenvalue weighted by molar-refractivity contribution is 7.80. The van der Waals surface area contributed by atoms with Gasteiger partial charge in [-0.3, -0.25) is 4.98 Å². The van der Waals surface area contributed by atoms with Crippen LogP contribution in [0.5, 0.6) is 0 Å². The number of thiocarbonyl (C=S) groups is 1. The van der Waals surface area contributed by atoms with Gasteiger partial charge in [-0.1, -0.05) is 29.8 Å². The van der Waals surface area contributed by atoms with E-state index in [9.17, 15) is 0 Å². The number of aromatic nitrogens is 2. The van der Waals surface area contributed by atoms with Gasteiger partial charge >= 0.3 is 0 Å². The van der Waals surface area contributed by atoms with E-state index in [0.29, 0.717) is 0 Å². The molecule has 4 nitrogen and oxygen atoms in total. The van der Waals surface area contributed by atoms with Crippen LogP contribution in [-0.4, -0.2) is 26.6 Å². The van der Waals surface area contributed by atoms with Gasteiger partial charge in [-0.2, -0.15) is 0 Å². The van der Waals surface area contributed by atoms with Crippen LogP contribution in [0, 0.1) is 13.8 Å². The number of aryl methyl sites for hydroxylation is 1. The van der Waals surface area contributed by atoms with Crippen molar-refractivity contribution in [2.24, 2.45) is 0 Å².